The molecule has 112 valence electrons. The van der Waals surface area contributed by atoms with Gasteiger partial charge in [0, 0.05) is 6.92 Å². The van der Waals surface area contributed by atoms with Gasteiger partial charge in [-0.3, -0.25) is 9.32 Å². The van der Waals surface area contributed by atoms with Crippen LogP contribution in [0.1, 0.15) is 40.0 Å². The summed E-state index contributed by atoms with van der Waals surface area (Å²) in [6.45, 7) is 4.76. The lowest BCUT2D eigenvalue weighted by Crippen LogP contribution is -2.54. The molecule has 0 heterocycles. The van der Waals surface area contributed by atoms with Gasteiger partial charge in [-0.25, -0.2) is 9.36 Å². The van der Waals surface area contributed by atoms with Gasteiger partial charge in [0.05, 0.1) is 12.7 Å². The van der Waals surface area contributed by atoms with Gasteiger partial charge in [0.25, 0.3) is 0 Å². The molecule has 1 N–H and O–H groups in total. The number of amides is 1. The van der Waals surface area contributed by atoms with E-state index in [0.717, 1.165) is 0 Å². The summed E-state index contributed by atoms with van der Waals surface area (Å²) >= 11 is 0. The highest BCUT2D eigenvalue weighted by Crippen LogP contribution is 2.21. The van der Waals surface area contributed by atoms with E-state index in [2.05, 4.69) is 5.32 Å². The van der Waals surface area contributed by atoms with E-state index in [-0.39, 0.29) is 19.1 Å². The average molecular weight is 302 g/mol. The second-order valence-corrected chi connectivity index (χ2v) is 4.53. The van der Waals surface area contributed by atoms with Gasteiger partial charge in [-0.1, -0.05) is 6.92 Å². The fourth-order valence-electron chi connectivity index (χ4n) is 1.67. The topological polar surface area (TPSA) is 105 Å². The number of nitrogens with one attached hydrogen (secondary N) is 1. The summed E-state index contributed by atoms with van der Waals surface area (Å²) in [7, 11) is -0.459. The fraction of sp³-hybridized carbons (Fsp3) is 0.750. The predicted octanol–water partition coefficient (Wildman–Crippen LogP) is 1.73. The third kappa shape index (κ3) is 5.64. The van der Waals surface area contributed by atoms with Crippen LogP contribution in [-0.2, 0) is 23.4 Å². The summed E-state index contributed by atoms with van der Waals surface area (Å²) in [6.07, 6.45) is 0.513. The molecule has 0 aliphatic rings. The van der Waals surface area contributed by atoms with Crippen molar-refractivity contribution >= 4 is 20.6 Å². The van der Waals surface area contributed by atoms with E-state index < -0.39 is 26.1 Å². The Balaban J connectivity index is 5.01. The number of esters is 1. The van der Waals surface area contributed by atoms with E-state index >= 15 is 0 Å². The van der Waals surface area contributed by atoms with E-state index in [0.29, 0.717) is 12.8 Å². The van der Waals surface area contributed by atoms with Gasteiger partial charge in [0.15, 0.2) is 0 Å². The predicted molar refractivity (Wildman–Crippen MR) is 70.8 cm³/mol. The molecule has 0 aromatic rings. The molecule has 0 saturated carbocycles. The molecule has 0 aromatic carbocycles. The molecule has 0 fully saturated rings. The Bertz CT molecular complexity index is 396. The van der Waals surface area contributed by atoms with Crippen molar-refractivity contribution in [3.63, 3.8) is 0 Å². The van der Waals surface area contributed by atoms with Crippen LogP contribution >= 0.6 is 8.69 Å². The lowest BCUT2D eigenvalue weighted by Gasteiger charge is -2.26. The van der Waals surface area contributed by atoms with Gasteiger partial charge in [-0.05, 0) is 26.2 Å². The van der Waals surface area contributed by atoms with E-state index in [4.69, 9.17) is 9.26 Å². The number of nitrogens with zero attached hydrogens (tertiary/aromatic N) is 1. The summed E-state index contributed by atoms with van der Waals surface area (Å²) in [5.74, 6) is -1.30. The first kappa shape index (κ1) is 18.5. The molecule has 0 rings (SSSR count). The van der Waals surface area contributed by atoms with Crippen LogP contribution < -0.4 is 5.32 Å². The Hall–Kier alpha value is -1.51. The van der Waals surface area contributed by atoms with E-state index in [9.17, 15) is 19.4 Å². The molecular weight excluding hydrogens is 283 g/mol. The second kappa shape index (κ2) is 9.40. The van der Waals surface area contributed by atoms with Gasteiger partial charge in [-0.15, -0.1) is 0 Å². The zero-order valence-electron chi connectivity index (χ0n) is 11.8. The van der Waals surface area contributed by atoms with E-state index in [1.807, 2.05) is 13.0 Å². The van der Waals surface area contributed by atoms with Gasteiger partial charge in [-0.2, -0.15) is 5.26 Å². The smallest absolute Gasteiger partial charge is 0.346 e. The molecule has 1 amide bonds. The number of carbonyl (C=O) groups excluding carboxylic acids is 2. The normalized spacial score (nSPS) is 14.9. The molecule has 0 spiro atoms. The maximum absolute atomic E-state index is 11.9. The number of hydrogen-bond acceptors (Lipinski definition) is 6. The maximum Gasteiger partial charge on any atom is 0.346 e. The number of nitriles is 1. The van der Waals surface area contributed by atoms with Crippen LogP contribution in [-0.4, -0.2) is 30.1 Å². The Morgan fingerprint density at radius 1 is 1.45 bits per heavy atom. The lowest BCUT2D eigenvalue weighted by molar-refractivity contribution is -0.151. The van der Waals surface area contributed by atoms with Crippen molar-refractivity contribution in [3.8, 4) is 6.07 Å². The summed E-state index contributed by atoms with van der Waals surface area (Å²) in [6, 6.07) is 1.81. The Kier molecular flexibility index (Phi) is 8.69. The van der Waals surface area contributed by atoms with Gasteiger partial charge in [0.1, 0.15) is 6.07 Å². The number of rotatable bonds is 9. The number of carbonyl (C=O) groups is 2. The highest BCUT2D eigenvalue weighted by atomic mass is 31.1. The van der Waals surface area contributed by atoms with Crippen LogP contribution in [0.3, 0.4) is 0 Å². The van der Waals surface area contributed by atoms with Crippen molar-refractivity contribution in [3.05, 3.63) is 0 Å². The SMILES string of the molecule is CCOC(=O)C(C#N)(CCC(CC)OP=O)NC(C)=O. The third-order valence-electron chi connectivity index (χ3n) is 2.69. The number of hydrogen-bond donors (Lipinski definition) is 1. The van der Waals surface area contributed by atoms with Crippen LogP contribution in [0.15, 0.2) is 0 Å². The summed E-state index contributed by atoms with van der Waals surface area (Å²) < 4.78 is 20.2. The molecule has 2 unspecified atom stereocenters. The Labute approximate surface area is 119 Å². The van der Waals surface area contributed by atoms with Crippen LogP contribution in [0.5, 0.6) is 0 Å². The van der Waals surface area contributed by atoms with Gasteiger partial charge >= 0.3 is 14.7 Å². The van der Waals surface area contributed by atoms with Crippen molar-refractivity contribution in [1.82, 2.24) is 5.32 Å². The molecule has 0 aliphatic heterocycles. The second-order valence-electron chi connectivity index (χ2n) is 4.17. The molecule has 0 saturated heterocycles. The Morgan fingerprint density at radius 3 is 2.50 bits per heavy atom. The van der Waals surface area contributed by atoms with Crippen molar-refractivity contribution in [1.29, 1.82) is 5.26 Å². The van der Waals surface area contributed by atoms with Crippen molar-refractivity contribution in [2.24, 2.45) is 0 Å². The third-order valence-corrected chi connectivity index (χ3v) is 3.08. The van der Waals surface area contributed by atoms with Crippen LogP contribution in [0, 0.1) is 11.3 Å². The fourth-order valence-corrected chi connectivity index (χ4v) is 2.05. The first-order valence-corrected chi connectivity index (χ1v) is 7.04. The molecule has 0 bridgehead atoms. The average Bonchev–Trinajstić information content (AvgIpc) is 2.41. The number of ether oxygens (including phenoxy) is 1. The standard InChI is InChI=1S/C12H19N2O5P/c1-4-10(19-20-17)6-7-12(8-13,14-9(3)15)11(16)18-5-2/h10H,4-7H2,1-3H3,(H,14,15). The summed E-state index contributed by atoms with van der Waals surface area (Å²) in [4.78, 5) is 23.1. The minimum atomic E-state index is -1.74. The van der Waals surface area contributed by atoms with Crippen molar-refractivity contribution in [2.75, 3.05) is 6.61 Å². The maximum atomic E-state index is 11.9. The molecule has 0 radical (unpaired) electrons. The largest absolute Gasteiger partial charge is 0.463 e. The highest BCUT2D eigenvalue weighted by molar-refractivity contribution is 7.17. The zero-order chi connectivity index (χ0) is 15.6. The van der Waals surface area contributed by atoms with Crippen LogP contribution in [0.25, 0.3) is 0 Å². The van der Waals surface area contributed by atoms with E-state index in [1.165, 1.54) is 6.92 Å². The quantitative estimate of drug-likeness (QED) is 0.513. The highest BCUT2D eigenvalue weighted by Gasteiger charge is 2.41. The molecule has 7 nitrogen and oxygen atoms in total. The van der Waals surface area contributed by atoms with Gasteiger partial charge in [0.2, 0.25) is 11.4 Å². The van der Waals surface area contributed by atoms with Gasteiger partial charge < -0.3 is 10.1 Å². The van der Waals surface area contributed by atoms with Crippen LogP contribution in [0.4, 0.5) is 0 Å². The van der Waals surface area contributed by atoms with Crippen molar-refractivity contribution < 1.29 is 23.4 Å². The lowest BCUT2D eigenvalue weighted by atomic mass is 9.92. The minimum absolute atomic E-state index is 0.0237. The zero-order valence-corrected chi connectivity index (χ0v) is 12.7. The summed E-state index contributed by atoms with van der Waals surface area (Å²) in [5.41, 5.74) is -1.74. The monoisotopic (exact) mass is 302 g/mol. The molecule has 0 aliphatic carbocycles. The molecular formula is C12H19N2O5P. The summed E-state index contributed by atoms with van der Waals surface area (Å²) in [5, 5.41) is 11.6. The molecule has 8 heteroatoms. The molecule has 2 atom stereocenters. The van der Waals surface area contributed by atoms with Crippen LogP contribution in [0.2, 0.25) is 0 Å². The molecule has 0 aromatic heterocycles. The van der Waals surface area contributed by atoms with Crippen molar-refractivity contribution in [2.45, 2.75) is 51.7 Å². The first-order valence-electron chi connectivity index (χ1n) is 6.31. The minimum Gasteiger partial charge on any atom is -0.463 e. The first-order chi connectivity index (χ1) is 9.45. The molecule has 20 heavy (non-hydrogen) atoms. The Morgan fingerprint density at radius 2 is 2.10 bits per heavy atom. The van der Waals surface area contributed by atoms with E-state index in [1.54, 1.807) is 6.92 Å².